The number of aliphatic hydroxyl groups excluding tert-OH is 1. The van der Waals surface area contributed by atoms with Crippen LogP contribution in [0.5, 0.6) is 0 Å². The summed E-state index contributed by atoms with van der Waals surface area (Å²) in [4.78, 5) is 14.7. The van der Waals surface area contributed by atoms with E-state index in [-0.39, 0.29) is 43.0 Å². The molecule has 0 bridgehead atoms. The molecule has 0 radical (unpaired) electrons. The van der Waals surface area contributed by atoms with Gasteiger partial charge in [-0.05, 0) is 37.1 Å². The summed E-state index contributed by atoms with van der Waals surface area (Å²) in [5.74, 6) is 0.427. The number of fused-ring (bicyclic) bond motifs is 1. The minimum absolute atomic E-state index is 0.0332. The third kappa shape index (κ3) is 3.95. The smallest absolute Gasteiger partial charge is 0.230 e. The maximum absolute atomic E-state index is 12.8. The molecule has 5 atom stereocenters. The second-order valence-electron chi connectivity index (χ2n) is 8.85. The molecular weight excluding hydrogens is 354 g/mol. The second-order valence-corrected chi connectivity index (χ2v) is 8.85. The van der Waals surface area contributed by atoms with Crippen molar-refractivity contribution in [3.63, 3.8) is 0 Å². The molecule has 0 spiro atoms. The number of hydrogen-bond donors (Lipinski definition) is 4. The SMILES string of the molecule is CC(C)c1ccc(C(C(C)C)N2NC(CO)C3C(=O)NC(N(C)C)NC32)cc1. The van der Waals surface area contributed by atoms with Crippen molar-refractivity contribution in [2.75, 3.05) is 20.7 Å². The molecule has 156 valence electrons. The van der Waals surface area contributed by atoms with Crippen LogP contribution in [0, 0.1) is 11.8 Å². The second kappa shape index (κ2) is 8.47. The van der Waals surface area contributed by atoms with Gasteiger partial charge in [0.15, 0.2) is 0 Å². The number of carbonyl (C=O) groups excluding carboxylic acids is 1. The zero-order chi connectivity index (χ0) is 20.6. The van der Waals surface area contributed by atoms with Crippen LogP contribution in [0.25, 0.3) is 0 Å². The Labute approximate surface area is 168 Å². The normalized spacial score (nSPS) is 29.4. The van der Waals surface area contributed by atoms with Gasteiger partial charge in [-0.15, -0.1) is 0 Å². The summed E-state index contributed by atoms with van der Waals surface area (Å²) in [7, 11) is 3.86. The average molecular weight is 390 g/mol. The van der Waals surface area contributed by atoms with Crippen LogP contribution >= 0.6 is 0 Å². The van der Waals surface area contributed by atoms with E-state index in [0.717, 1.165) is 0 Å². The van der Waals surface area contributed by atoms with Gasteiger partial charge in [-0.1, -0.05) is 52.0 Å². The summed E-state index contributed by atoms with van der Waals surface area (Å²) in [6, 6.07) is 8.53. The lowest BCUT2D eigenvalue weighted by Gasteiger charge is -2.42. The van der Waals surface area contributed by atoms with Crippen molar-refractivity contribution in [3.05, 3.63) is 35.4 Å². The highest BCUT2D eigenvalue weighted by Gasteiger charge is 2.52. The number of benzene rings is 1. The highest BCUT2D eigenvalue weighted by atomic mass is 16.3. The molecule has 4 N–H and O–H groups in total. The Balaban J connectivity index is 1.94. The van der Waals surface area contributed by atoms with E-state index in [2.05, 4.69) is 73.0 Å². The van der Waals surface area contributed by atoms with E-state index in [9.17, 15) is 9.90 Å². The maximum Gasteiger partial charge on any atom is 0.230 e. The van der Waals surface area contributed by atoms with E-state index in [0.29, 0.717) is 11.8 Å². The van der Waals surface area contributed by atoms with Crippen LogP contribution in [-0.4, -0.2) is 60.1 Å². The minimum Gasteiger partial charge on any atom is -0.395 e. The summed E-state index contributed by atoms with van der Waals surface area (Å²) in [5.41, 5.74) is 5.95. The number of amides is 1. The van der Waals surface area contributed by atoms with Gasteiger partial charge in [0, 0.05) is 0 Å². The maximum atomic E-state index is 12.8. The van der Waals surface area contributed by atoms with E-state index in [4.69, 9.17) is 0 Å². The third-order valence-corrected chi connectivity index (χ3v) is 5.89. The van der Waals surface area contributed by atoms with E-state index >= 15 is 0 Å². The lowest BCUT2D eigenvalue weighted by Crippen LogP contribution is -2.68. The molecule has 28 heavy (non-hydrogen) atoms. The average Bonchev–Trinajstić information content (AvgIpc) is 3.01. The van der Waals surface area contributed by atoms with Gasteiger partial charge >= 0.3 is 0 Å². The first kappa shape index (κ1) is 21.2. The van der Waals surface area contributed by atoms with Crippen LogP contribution in [0.4, 0.5) is 0 Å². The van der Waals surface area contributed by atoms with Crippen molar-refractivity contribution >= 4 is 5.91 Å². The number of carbonyl (C=O) groups is 1. The molecule has 3 rings (SSSR count). The summed E-state index contributed by atoms with van der Waals surface area (Å²) in [5, 5.41) is 18.6. The van der Waals surface area contributed by atoms with Crippen LogP contribution in [0.1, 0.15) is 50.8 Å². The molecule has 0 aliphatic carbocycles. The zero-order valence-electron chi connectivity index (χ0n) is 17.8. The summed E-state index contributed by atoms with van der Waals surface area (Å²) < 4.78 is 0. The van der Waals surface area contributed by atoms with Gasteiger partial charge in [0.05, 0.1) is 30.8 Å². The Morgan fingerprint density at radius 2 is 1.71 bits per heavy atom. The van der Waals surface area contributed by atoms with E-state index in [1.807, 2.05) is 19.0 Å². The molecule has 7 heteroatoms. The lowest BCUT2D eigenvalue weighted by molar-refractivity contribution is -0.134. The molecule has 7 nitrogen and oxygen atoms in total. The van der Waals surface area contributed by atoms with Crippen molar-refractivity contribution in [2.45, 2.75) is 58.2 Å². The quantitative estimate of drug-likeness (QED) is 0.585. The van der Waals surface area contributed by atoms with E-state index in [1.54, 1.807) is 0 Å². The lowest BCUT2D eigenvalue weighted by atomic mass is 9.91. The van der Waals surface area contributed by atoms with Gasteiger partial charge in [0.25, 0.3) is 0 Å². The molecule has 2 aliphatic heterocycles. The van der Waals surface area contributed by atoms with Gasteiger partial charge in [-0.2, -0.15) is 0 Å². The standard InChI is InChI=1S/C21H35N5O2/c1-12(2)14-7-9-15(10-8-14)18(13(3)4)26-19-17(16(11-27)24-26)20(28)23-21(22-19)25(5)6/h7-10,12-13,16-19,21-22,24,27H,11H2,1-6H3,(H,23,28). The Morgan fingerprint density at radius 3 is 2.21 bits per heavy atom. The van der Waals surface area contributed by atoms with Gasteiger partial charge < -0.3 is 10.4 Å². The first-order valence-electron chi connectivity index (χ1n) is 10.2. The molecule has 2 fully saturated rings. The highest BCUT2D eigenvalue weighted by molar-refractivity contribution is 5.81. The number of nitrogens with zero attached hydrogens (tertiary/aromatic N) is 2. The largest absolute Gasteiger partial charge is 0.395 e. The van der Waals surface area contributed by atoms with E-state index < -0.39 is 0 Å². The monoisotopic (exact) mass is 389 g/mol. The van der Waals surface area contributed by atoms with Crippen molar-refractivity contribution in [3.8, 4) is 0 Å². The molecule has 1 amide bonds. The van der Waals surface area contributed by atoms with Gasteiger partial charge in [-0.3, -0.25) is 15.0 Å². The third-order valence-electron chi connectivity index (χ3n) is 5.89. The number of nitrogens with one attached hydrogen (secondary N) is 3. The number of hydrazine groups is 1. The molecule has 2 heterocycles. The number of aliphatic hydroxyl groups is 1. The van der Waals surface area contributed by atoms with Gasteiger partial charge in [0.2, 0.25) is 5.91 Å². The number of hydrogen-bond acceptors (Lipinski definition) is 6. The first-order valence-corrected chi connectivity index (χ1v) is 10.2. The highest BCUT2D eigenvalue weighted by Crippen LogP contribution is 2.36. The Hall–Kier alpha value is -1.51. The summed E-state index contributed by atoms with van der Waals surface area (Å²) in [6.07, 6.45) is -0.443. The fourth-order valence-corrected chi connectivity index (χ4v) is 4.32. The molecule has 1 aromatic rings. The van der Waals surface area contributed by atoms with E-state index in [1.165, 1.54) is 11.1 Å². The number of rotatable bonds is 6. The summed E-state index contributed by atoms with van der Waals surface area (Å²) >= 11 is 0. The molecular formula is C21H35N5O2. The molecule has 5 unspecified atom stereocenters. The Bertz CT molecular complexity index is 676. The van der Waals surface area contributed by atoms with Crippen LogP contribution < -0.4 is 16.1 Å². The van der Waals surface area contributed by atoms with Crippen molar-refractivity contribution in [1.82, 2.24) is 26.0 Å². The van der Waals surface area contributed by atoms with Crippen LogP contribution in [0.2, 0.25) is 0 Å². The molecule has 1 aromatic carbocycles. The topological polar surface area (TPSA) is 79.9 Å². The Kier molecular flexibility index (Phi) is 6.41. The van der Waals surface area contributed by atoms with Gasteiger partial charge in [-0.25, -0.2) is 10.4 Å². The van der Waals surface area contributed by atoms with Crippen molar-refractivity contribution < 1.29 is 9.90 Å². The predicted octanol–water partition coefficient (Wildman–Crippen LogP) is 1.20. The van der Waals surface area contributed by atoms with Crippen LogP contribution in [0.3, 0.4) is 0 Å². The molecule has 0 saturated carbocycles. The van der Waals surface area contributed by atoms with Crippen LogP contribution in [0.15, 0.2) is 24.3 Å². The first-order chi connectivity index (χ1) is 13.2. The fraction of sp³-hybridized carbons (Fsp3) is 0.667. The Morgan fingerprint density at radius 1 is 1.11 bits per heavy atom. The zero-order valence-corrected chi connectivity index (χ0v) is 17.8. The fourth-order valence-electron chi connectivity index (χ4n) is 4.32. The predicted molar refractivity (Wildman–Crippen MR) is 110 cm³/mol. The minimum atomic E-state index is -0.350. The molecule has 2 saturated heterocycles. The molecule has 0 aromatic heterocycles. The molecule has 2 aliphatic rings. The van der Waals surface area contributed by atoms with Crippen LogP contribution in [-0.2, 0) is 4.79 Å². The van der Waals surface area contributed by atoms with Gasteiger partial charge in [0.1, 0.15) is 6.29 Å². The summed E-state index contributed by atoms with van der Waals surface area (Å²) in [6.45, 7) is 8.68. The van der Waals surface area contributed by atoms with Crippen molar-refractivity contribution in [1.29, 1.82) is 0 Å². The van der Waals surface area contributed by atoms with Crippen molar-refractivity contribution in [2.24, 2.45) is 11.8 Å².